The van der Waals surface area contributed by atoms with E-state index in [1.165, 1.54) is 30.3 Å². The zero-order valence-corrected chi connectivity index (χ0v) is 17.6. The van der Waals surface area contributed by atoms with Crippen LogP contribution in [-0.4, -0.2) is 37.4 Å². The topological polar surface area (TPSA) is 177 Å². The van der Waals surface area contributed by atoms with E-state index in [2.05, 4.69) is 10.3 Å². The van der Waals surface area contributed by atoms with Gasteiger partial charge in [-0.3, -0.25) is 9.96 Å². The number of aryl methyl sites for hydroxylation is 1. The Hall–Kier alpha value is -3.19. The molecule has 0 atom stereocenters. The van der Waals surface area contributed by atoms with E-state index in [-0.39, 0.29) is 21.9 Å². The van der Waals surface area contributed by atoms with E-state index >= 15 is 0 Å². The first-order chi connectivity index (χ1) is 14.4. The van der Waals surface area contributed by atoms with Crippen LogP contribution in [0.15, 0.2) is 52.3 Å². The third-order valence-electron chi connectivity index (χ3n) is 4.55. The van der Waals surface area contributed by atoms with Crippen molar-refractivity contribution in [1.29, 1.82) is 5.41 Å². The van der Waals surface area contributed by atoms with Gasteiger partial charge in [0.2, 0.25) is 6.40 Å². The Morgan fingerprint density at radius 2 is 1.81 bits per heavy atom. The number of phenols is 1. The number of aromatic hydroxyl groups is 1. The largest absolute Gasteiger partial charge is 0.744 e. The Morgan fingerprint density at radius 1 is 1.10 bits per heavy atom. The van der Waals surface area contributed by atoms with E-state index in [0.29, 0.717) is 17.7 Å². The average Bonchev–Trinajstić information content (AvgIpc) is 2.67. The first-order valence-electron chi connectivity index (χ1n) is 8.64. The van der Waals surface area contributed by atoms with Gasteiger partial charge in [0.15, 0.2) is 0 Å². The molecule has 164 valence electrons. The highest BCUT2D eigenvalue weighted by molar-refractivity contribution is 7.86. The monoisotopic (exact) mass is 465 g/mol. The summed E-state index contributed by atoms with van der Waals surface area (Å²) in [6.45, 7) is 1.60. The first-order valence-corrected chi connectivity index (χ1v) is 11.5. The quantitative estimate of drug-likeness (QED) is 0.177. The molecule has 3 aromatic rings. The van der Waals surface area contributed by atoms with Gasteiger partial charge in [0.05, 0.1) is 15.5 Å². The Morgan fingerprint density at radius 3 is 2.42 bits per heavy atom. The average molecular weight is 465 g/mol. The normalized spacial score (nSPS) is 12.0. The Balaban J connectivity index is 2.25. The fourth-order valence-electron chi connectivity index (χ4n) is 3.20. The summed E-state index contributed by atoms with van der Waals surface area (Å²) in [7, 11) is -9.71. The number of rotatable bonds is 7. The molecule has 0 fully saturated rings. The molecule has 0 aromatic heterocycles. The maximum Gasteiger partial charge on any atom is 0.294 e. The Labute approximate surface area is 178 Å². The van der Waals surface area contributed by atoms with Crippen LogP contribution in [0.25, 0.3) is 10.8 Å². The number of fused-ring (bicyclic) bond motifs is 1. The molecule has 31 heavy (non-hydrogen) atoms. The molecule has 0 spiro atoms. The number of hydrogen-bond acceptors (Lipinski definition) is 9. The smallest absolute Gasteiger partial charge is 0.294 e. The van der Waals surface area contributed by atoms with E-state index in [9.17, 15) is 31.0 Å². The summed E-state index contributed by atoms with van der Waals surface area (Å²) in [5.74, 6) is -0.520. The van der Waals surface area contributed by atoms with Crippen molar-refractivity contribution in [1.82, 2.24) is 0 Å². The second-order valence-electron chi connectivity index (χ2n) is 6.69. The van der Waals surface area contributed by atoms with Crippen molar-refractivity contribution in [2.24, 2.45) is 0 Å². The molecule has 0 amide bonds. The van der Waals surface area contributed by atoms with Gasteiger partial charge in [0.25, 0.3) is 10.1 Å². The fourth-order valence-corrected chi connectivity index (χ4v) is 4.75. The summed E-state index contributed by atoms with van der Waals surface area (Å²) in [4.78, 5) is 3.44. The maximum absolute atomic E-state index is 11.9. The van der Waals surface area contributed by atoms with Gasteiger partial charge in [-0.25, -0.2) is 13.9 Å². The summed E-state index contributed by atoms with van der Waals surface area (Å²) in [5, 5.41) is 18.0. The summed E-state index contributed by atoms with van der Waals surface area (Å²) in [6.07, 6.45) is 0.192. The minimum absolute atomic E-state index is 0.00493. The molecule has 3 aromatic carbocycles. The Bertz CT molecular complexity index is 1400. The van der Waals surface area contributed by atoms with Crippen molar-refractivity contribution in [2.75, 3.05) is 5.48 Å². The highest BCUT2D eigenvalue weighted by Gasteiger charge is 2.22. The second kappa shape index (κ2) is 8.15. The lowest BCUT2D eigenvalue weighted by atomic mass is 9.98. The minimum Gasteiger partial charge on any atom is -0.744 e. The van der Waals surface area contributed by atoms with Gasteiger partial charge < -0.3 is 14.5 Å². The Kier molecular flexibility index (Phi) is 5.91. The highest BCUT2D eigenvalue weighted by Crippen LogP contribution is 2.37. The zero-order valence-electron chi connectivity index (χ0n) is 16.0. The lowest BCUT2D eigenvalue weighted by Crippen LogP contribution is -2.08. The molecule has 0 bridgehead atoms. The molecule has 3 rings (SSSR count). The lowest BCUT2D eigenvalue weighted by Gasteiger charge is -2.18. The third kappa shape index (κ3) is 4.77. The first kappa shape index (κ1) is 22.5. The van der Waals surface area contributed by atoms with E-state index in [0.717, 1.165) is 6.07 Å². The van der Waals surface area contributed by atoms with Gasteiger partial charge >= 0.3 is 0 Å². The summed E-state index contributed by atoms with van der Waals surface area (Å²) in [5.41, 5.74) is 2.96. The van der Waals surface area contributed by atoms with Crippen molar-refractivity contribution in [3.63, 3.8) is 0 Å². The highest BCUT2D eigenvalue weighted by atomic mass is 32.2. The molecule has 0 heterocycles. The van der Waals surface area contributed by atoms with Gasteiger partial charge in [-0.1, -0.05) is 12.1 Å². The number of anilines is 1. The van der Waals surface area contributed by atoms with Crippen molar-refractivity contribution in [3.8, 4) is 5.75 Å². The van der Waals surface area contributed by atoms with Crippen LogP contribution in [0.3, 0.4) is 0 Å². The molecule has 4 N–H and O–H groups in total. The van der Waals surface area contributed by atoms with Crippen LogP contribution in [0, 0.1) is 12.3 Å². The maximum atomic E-state index is 11.9. The number of phenolic OH excluding ortho intramolecular Hbond substituents is 1. The van der Waals surface area contributed by atoms with Gasteiger partial charge in [-0.2, -0.15) is 8.42 Å². The van der Waals surface area contributed by atoms with Gasteiger partial charge in [0.1, 0.15) is 15.9 Å². The molecule has 0 unspecified atom stereocenters. The summed E-state index contributed by atoms with van der Waals surface area (Å²) < 4.78 is 68.9. The van der Waals surface area contributed by atoms with E-state index in [1.807, 2.05) is 0 Å². The predicted molar refractivity (Wildman–Crippen MR) is 111 cm³/mol. The third-order valence-corrected chi connectivity index (χ3v) is 6.39. The van der Waals surface area contributed by atoms with Crippen LogP contribution in [-0.2, 0) is 31.5 Å². The molecule has 0 aliphatic carbocycles. The van der Waals surface area contributed by atoms with Crippen molar-refractivity contribution in [2.45, 2.75) is 23.1 Å². The van der Waals surface area contributed by atoms with Crippen LogP contribution < -0.4 is 5.48 Å². The summed E-state index contributed by atoms with van der Waals surface area (Å²) >= 11 is 0. The van der Waals surface area contributed by atoms with Crippen LogP contribution in [0.5, 0.6) is 5.75 Å². The van der Waals surface area contributed by atoms with Crippen molar-refractivity contribution in [3.05, 3.63) is 59.2 Å². The molecular formula is C19H17N2O8S2-. The molecular weight excluding hydrogens is 448 g/mol. The SMILES string of the molecule is Cc1ccc(Cc2c(S(=O)(=O)[O-])cc3cc(NOC=N)ccc3c2O)c(S(=O)(=O)O)c1. The van der Waals surface area contributed by atoms with E-state index in [1.54, 1.807) is 13.0 Å². The van der Waals surface area contributed by atoms with Crippen LogP contribution in [0.4, 0.5) is 5.69 Å². The molecule has 10 nitrogen and oxygen atoms in total. The minimum atomic E-state index is -5.06. The molecule has 0 aliphatic heterocycles. The number of nitrogens with one attached hydrogen (secondary N) is 2. The van der Waals surface area contributed by atoms with Gasteiger partial charge in [-0.05, 0) is 53.8 Å². The number of hydrogen-bond donors (Lipinski definition) is 4. The van der Waals surface area contributed by atoms with Gasteiger partial charge in [-0.15, -0.1) is 0 Å². The van der Waals surface area contributed by atoms with Crippen LogP contribution in [0.1, 0.15) is 16.7 Å². The van der Waals surface area contributed by atoms with Gasteiger partial charge in [0, 0.05) is 17.4 Å². The van der Waals surface area contributed by atoms with Crippen molar-refractivity contribution < 1.29 is 35.9 Å². The molecule has 12 heteroatoms. The molecule has 0 aliphatic rings. The molecule has 0 radical (unpaired) electrons. The summed E-state index contributed by atoms with van der Waals surface area (Å²) in [6, 6.07) is 9.49. The van der Waals surface area contributed by atoms with E-state index in [4.69, 9.17) is 5.41 Å². The predicted octanol–water partition coefficient (Wildman–Crippen LogP) is 2.55. The van der Waals surface area contributed by atoms with Crippen molar-refractivity contribution >= 4 is 43.1 Å². The number of benzene rings is 3. The van der Waals surface area contributed by atoms with Crippen LogP contribution in [0.2, 0.25) is 0 Å². The fraction of sp³-hybridized carbons (Fsp3) is 0.105. The van der Waals surface area contributed by atoms with Crippen LogP contribution >= 0.6 is 0 Å². The zero-order chi connectivity index (χ0) is 23.0. The molecule has 0 saturated heterocycles. The standard InChI is InChI=1S/C19H18N2O8S2/c1-11-2-3-12(17(6-11)30(23,24)25)8-16-18(31(26,27)28)9-13-7-14(21-29-10-20)4-5-15(13)19(16)22/h2-7,9-10,20-22H,8H2,1H3,(H,23,24,25)(H,26,27,28)/p-1. The lowest BCUT2D eigenvalue weighted by molar-refractivity contribution is 0.409. The molecule has 0 saturated carbocycles. The van der Waals surface area contributed by atoms with E-state index < -0.39 is 42.2 Å². The second-order valence-corrected chi connectivity index (χ2v) is 9.43.